The third kappa shape index (κ3) is 13.8. The maximum Gasteiger partial charge on any atom is 0.252 e. The van der Waals surface area contributed by atoms with E-state index in [1.165, 1.54) is 13.1 Å². The largest absolute Gasteiger partial charge is 0.394 e. The van der Waals surface area contributed by atoms with E-state index in [4.69, 9.17) is 23.7 Å². The minimum Gasteiger partial charge on any atom is -0.394 e. The number of carbonyl (C=O) groups is 4. The number of ether oxygens (including phenoxy) is 5. The number of Topliss-reactive ketones (excluding diaryl/α,β-unsaturated/α-hetero) is 1. The van der Waals surface area contributed by atoms with Crippen LogP contribution in [0.15, 0.2) is 24.7 Å². The van der Waals surface area contributed by atoms with Crippen LogP contribution in [0, 0.1) is 17.8 Å². The summed E-state index contributed by atoms with van der Waals surface area (Å²) in [5.74, 6) is -1.92. The summed E-state index contributed by atoms with van der Waals surface area (Å²) in [6, 6.07) is 0.481. The summed E-state index contributed by atoms with van der Waals surface area (Å²) in [7, 11) is 0. The minimum atomic E-state index is -1.65. The average molecular weight is 1000 g/mol. The quantitative estimate of drug-likeness (QED) is 0.0828. The summed E-state index contributed by atoms with van der Waals surface area (Å²) in [5, 5.41) is 68.9. The van der Waals surface area contributed by atoms with Crippen LogP contribution in [0.25, 0.3) is 11.3 Å². The van der Waals surface area contributed by atoms with Crippen molar-refractivity contribution in [2.75, 3.05) is 26.2 Å². The predicted octanol–water partition coefficient (Wildman–Crippen LogP) is 1.79. The van der Waals surface area contributed by atoms with Crippen molar-refractivity contribution in [3.63, 3.8) is 0 Å². The van der Waals surface area contributed by atoms with Crippen LogP contribution in [0.4, 0.5) is 0 Å². The van der Waals surface area contributed by atoms with Crippen molar-refractivity contribution in [2.45, 2.75) is 204 Å². The summed E-state index contributed by atoms with van der Waals surface area (Å²) in [6.07, 6.45) is -0.711. The Morgan fingerprint density at radius 3 is 2.37 bits per heavy atom. The van der Waals surface area contributed by atoms with Crippen LogP contribution in [0.3, 0.4) is 0 Å². The first-order valence-corrected chi connectivity index (χ1v) is 26.0. The van der Waals surface area contributed by atoms with Gasteiger partial charge in [-0.25, -0.2) is 0 Å². The second-order valence-corrected chi connectivity index (χ2v) is 20.3. The molecule has 7 N–H and O–H groups in total. The molecule has 396 valence electrons. The van der Waals surface area contributed by atoms with Gasteiger partial charge in [-0.3, -0.25) is 28.8 Å². The maximum absolute atomic E-state index is 14.2. The van der Waals surface area contributed by atoms with Gasteiger partial charge in [-0.05, 0) is 63.4 Å². The number of hydrogen-bond donors (Lipinski definition) is 7. The van der Waals surface area contributed by atoms with E-state index in [1.807, 2.05) is 13.1 Å². The molecule has 21 nitrogen and oxygen atoms in total. The fourth-order valence-electron chi connectivity index (χ4n) is 10.7. The molecule has 3 amide bonds. The molecule has 3 saturated heterocycles. The lowest BCUT2D eigenvalue weighted by molar-refractivity contribution is -0.338. The molecule has 71 heavy (non-hydrogen) atoms. The highest BCUT2D eigenvalue weighted by Crippen LogP contribution is 2.41. The van der Waals surface area contributed by atoms with E-state index in [0.717, 1.165) is 57.9 Å². The van der Waals surface area contributed by atoms with Crippen LogP contribution < -0.4 is 10.6 Å². The van der Waals surface area contributed by atoms with Gasteiger partial charge in [-0.15, -0.1) is 5.10 Å². The van der Waals surface area contributed by atoms with Crippen LogP contribution in [0.1, 0.15) is 128 Å². The normalized spacial score (nSPS) is 32.9. The molecule has 2 saturated carbocycles. The zero-order chi connectivity index (χ0) is 50.8. The zero-order valence-electron chi connectivity index (χ0n) is 41.6. The molecule has 5 aliphatic rings. The molecular formula is C50H77N7O14. The molecule has 2 aliphatic carbocycles. The zero-order valence-corrected chi connectivity index (χ0v) is 41.6. The number of aliphatic hydroxyl groups excluding tert-OH is 5. The molecule has 2 aromatic rings. The Balaban J connectivity index is 1.08. The lowest BCUT2D eigenvalue weighted by Gasteiger charge is -2.49. The number of ketones is 1. The number of aliphatic hydroxyl groups is 5. The van der Waals surface area contributed by atoms with Gasteiger partial charge < -0.3 is 64.8 Å². The Morgan fingerprint density at radius 2 is 1.68 bits per heavy atom. The Labute approximate surface area is 415 Å². The number of nitrogens with one attached hydrogen (secondary N) is 2. The number of aromatic nitrogens is 4. The molecule has 0 spiro atoms. The van der Waals surface area contributed by atoms with Gasteiger partial charge in [-0.1, -0.05) is 64.0 Å². The number of nitrogens with zero attached hydrogens (tertiary/aromatic N) is 5. The number of hydrogen-bond acceptors (Lipinski definition) is 17. The first kappa shape index (κ1) is 54.7. The van der Waals surface area contributed by atoms with Gasteiger partial charge in [0.1, 0.15) is 60.2 Å². The van der Waals surface area contributed by atoms with Gasteiger partial charge in [-0.2, -0.15) is 0 Å². The number of unbranched alkanes of at least 4 members (excludes halogenated alkanes) is 1. The summed E-state index contributed by atoms with van der Waals surface area (Å²) in [5.41, 5.74) is 1.58. The molecule has 6 unspecified atom stereocenters. The van der Waals surface area contributed by atoms with Crippen LogP contribution in [0.5, 0.6) is 0 Å². The molecule has 3 aliphatic heterocycles. The van der Waals surface area contributed by atoms with E-state index in [9.17, 15) is 44.7 Å². The SMILES string of the molecule is CCCCn1cc(-c2cncc(C(=O)NCCCC(=O)C3CC(CC)[C@@H](O[C@@H]4OC(C)[C@@H](O)[C@H](O)C4O)[C@H](O[C@@H]4O[C@@H](CO)[C@H](O)C(O[C@@H](CC5CCCCC5)C(=O)N5CCC5)C4NC(C)=O)C3)c2)nn1. The third-order valence-electron chi connectivity index (χ3n) is 15.0. The van der Waals surface area contributed by atoms with E-state index >= 15 is 0 Å². The highest BCUT2D eigenvalue weighted by Gasteiger charge is 2.53. The Hall–Kier alpha value is -4.03. The first-order valence-electron chi connectivity index (χ1n) is 26.0. The van der Waals surface area contributed by atoms with E-state index in [-0.39, 0.29) is 42.9 Å². The van der Waals surface area contributed by atoms with Crippen LogP contribution in [-0.4, -0.2) is 180 Å². The molecule has 7 rings (SSSR count). The number of rotatable bonds is 22. The van der Waals surface area contributed by atoms with Gasteiger partial charge in [0.05, 0.1) is 36.7 Å². The first-order chi connectivity index (χ1) is 34.2. The van der Waals surface area contributed by atoms with Gasteiger partial charge in [0.2, 0.25) is 5.91 Å². The number of pyridine rings is 1. The average Bonchev–Trinajstić information content (AvgIpc) is 3.83. The Kier molecular flexibility index (Phi) is 19.9. The second-order valence-electron chi connectivity index (χ2n) is 20.3. The number of aryl methyl sites for hydroxylation is 1. The lowest BCUT2D eigenvalue weighted by atomic mass is 9.74. The van der Waals surface area contributed by atoms with Crippen molar-refractivity contribution in [3.05, 3.63) is 30.2 Å². The molecule has 0 radical (unpaired) electrons. The standard InChI is InChI=1S/C50H77N7O14/c1-5-7-19-57-26-35(54-55-57)33-22-34(25-51-24-33)47(65)52-16-11-15-36(60)32-21-31(6-2)45(71-50-44(64)43(63)41(61)28(3)67-50)37(23-32)69-49-40(53-29(4)59)46(42(62)39(27-58)70-49)68-38(48(66)56-17-12-18-56)20-30-13-9-8-10-14-30/h22,24-26,28,30-32,37-46,49-50,58,61-64H,5-21,23,27H2,1-4H3,(H,52,65)(H,53,59)/t28?,31?,32?,37-,38+,39+,40?,41-,42+,43+,44?,45-,46?,49-,50+/m1/s1. The van der Waals surface area contributed by atoms with Crippen molar-refractivity contribution in [3.8, 4) is 11.3 Å². The van der Waals surface area contributed by atoms with Gasteiger partial charge in [0, 0.05) is 63.4 Å². The molecule has 5 fully saturated rings. The van der Waals surface area contributed by atoms with Gasteiger partial charge in [0.15, 0.2) is 12.6 Å². The Morgan fingerprint density at radius 1 is 0.901 bits per heavy atom. The Bertz CT molecular complexity index is 2050. The number of likely N-dealkylation sites (tertiary alicyclic amines) is 1. The lowest BCUT2D eigenvalue weighted by Crippen LogP contribution is -2.67. The summed E-state index contributed by atoms with van der Waals surface area (Å²) >= 11 is 0. The van der Waals surface area contributed by atoms with E-state index in [2.05, 4.69) is 32.9 Å². The summed E-state index contributed by atoms with van der Waals surface area (Å²) in [6.45, 7) is 8.28. The highest BCUT2D eigenvalue weighted by atomic mass is 16.7. The molecular weight excluding hydrogens is 923 g/mol. The maximum atomic E-state index is 14.2. The topological polar surface area (TPSA) is 286 Å². The minimum absolute atomic E-state index is 0.0691. The van der Waals surface area contributed by atoms with Crippen molar-refractivity contribution < 1.29 is 68.4 Å². The van der Waals surface area contributed by atoms with Gasteiger partial charge >= 0.3 is 0 Å². The molecule has 0 aromatic carbocycles. The van der Waals surface area contributed by atoms with E-state index < -0.39 is 104 Å². The predicted molar refractivity (Wildman–Crippen MR) is 254 cm³/mol. The fraction of sp³-hybridized carbons (Fsp3) is 0.780. The summed E-state index contributed by atoms with van der Waals surface area (Å²) in [4.78, 5) is 60.5. The molecule has 0 bridgehead atoms. The van der Waals surface area contributed by atoms with Crippen molar-refractivity contribution in [1.29, 1.82) is 0 Å². The van der Waals surface area contributed by atoms with Crippen molar-refractivity contribution in [1.82, 2.24) is 35.5 Å². The van der Waals surface area contributed by atoms with Crippen LogP contribution >= 0.6 is 0 Å². The number of amides is 3. The molecule has 2 aromatic heterocycles. The highest BCUT2D eigenvalue weighted by molar-refractivity contribution is 5.95. The van der Waals surface area contributed by atoms with Crippen LogP contribution in [0.2, 0.25) is 0 Å². The molecule has 5 heterocycles. The van der Waals surface area contributed by atoms with Crippen molar-refractivity contribution in [2.24, 2.45) is 17.8 Å². The molecule has 21 heteroatoms. The smallest absolute Gasteiger partial charge is 0.252 e. The van der Waals surface area contributed by atoms with Crippen molar-refractivity contribution >= 4 is 23.5 Å². The van der Waals surface area contributed by atoms with Crippen LogP contribution in [-0.2, 0) is 44.6 Å². The monoisotopic (exact) mass is 1000 g/mol. The third-order valence-corrected chi connectivity index (χ3v) is 15.0. The van der Waals surface area contributed by atoms with E-state index in [1.54, 1.807) is 28.8 Å². The molecule has 15 atom stereocenters. The van der Waals surface area contributed by atoms with Gasteiger partial charge in [0.25, 0.3) is 11.8 Å². The second kappa shape index (κ2) is 25.8. The number of carbonyl (C=O) groups excluding carboxylic acids is 4. The summed E-state index contributed by atoms with van der Waals surface area (Å²) < 4.78 is 33.9. The van der Waals surface area contributed by atoms with E-state index in [0.29, 0.717) is 55.6 Å². The fourth-order valence-corrected chi connectivity index (χ4v) is 10.7.